The van der Waals surface area contributed by atoms with E-state index in [1.165, 1.54) is 5.56 Å². The van der Waals surface area contributed by atoms with Gasteiger partial charge in [0.05, 0.1) is 5.75 Å². The highest BCUT2D eigenvalue weighted by Gasteiger charge is 2.37. The lowest BCUT2D eigenvalue weighted by molar-refractivity contribution is 0.359. The summed E-state index contributed by atoms with van der Waals surface area (Å²) in [6.45, 7) is 5.56. The molecule has 1 N–H and O–H groups in total. The van der Waals surface area contributed by atoms with E-state index in [1.807, 2.05) is 31.3 Å². The summed E-state index contributed by atoms with van der Waals surface area (Å²) in [5, 5.41) is 3.09. The summed E-state index contributed by atoms with van der Waals surface area (Å²) >= 11 is 0. The van der Waals surface area contributed by atoms with Crippen molar-refractivity contribution in [1.29, 1.82) is 0 Å². The topological polar surface area (TPSA) is 49.4 Å². The molecule has 1 saturated carbocycles. The lowest BCUT2D eigenvalue weighted by atomic mass is 10.1. The molecule has 0 amide bonds. The molecule has 0 saturated heterocycles. The first kappa shape index (κ1) is 16.5. The van der Waals surface area contributed by atoms with Crippen LogP contribution in [0.2, 0.25) is 0 Å². The van der Waals surface area contributed by atoms with Gasteiger partial charge in [0, 0.05) is 19.1 Å². The average molecular weight is 310 g/mol. The Balaban J connectivity index is 2.08. The molecule has 5 heteroatoms. The van der Waals surface area contributed by atoms with Crippen LogP contribution in [0, 0.1) is 5.92 Å². The van der Waals surface area contributed by atoms with Crippen LogP contribution in [0.5, 0.6) is 0 Å². The van der Waals surface area contributed by atoms with Gasteiger partial charge in [0.25, 0.3) is 0 Å². The Bertz CT molecular complexity index is 548. The van der Waals surface area contributed by atoms with Gasteiger partial charge in [-0.3, -0.25) is 0 Å². The zero-order valence-corrected chi connectivity index (χ0v) is 14.0. The third kappa shape index (κ3) is 4.80. The lowest BCUT2D eigenvalue weighted by Crippen LogP contribution is -2.36. The number of hydrogen-bond acceptors (Lipinski definition) is 3. The van der Waals surface area contributed by atoms with E-state index in [4.69, 9.17) is 0 Å². The standard InChI is InChI=1S/C16H26N2O2S/c1-13(2)11-18(16-8-9-16)21(19,20)12-15-6-4-14(5-7-15)10-17-3/h4-7,13,16-17H,8-12H2,1-3H3. The minimum absolute atomic E-state index is 0.107. The minimum Gasteiger partial charge on any atom is -0.316 e. The van der Waals surface area contributed by atoms with E-state index in [2.05, 4.69) is 19.2 Å². The van der Waals surface area contributed by atoms with E-state index in [9.17, 15) is 8.42 Å². The quantitative estimate of drug-likeness (QED) is 0.802. The van der Waals surface area contributed by atoms with E-state index in [-0.39, 0.29) is 11.8 Å². The lowest BCUT2D eigenvalue weighted by Gasteiger charge is -2.23. The van der Waals surface area contributed by atoms with Crippen LogP contribution in [-0.4, -0.2) is 32.4 Å². The van der Waals surface area contributed by atoms with Crippen molar-refractivity contribution in [3.05, 3.63) is 35.4 Å². The molecule has 1 aliphatic rings. The maximum Gasteiger partial charge on any atom is 0.218 e. The van der Waals surface area contributed by atoms with Gasteiger partial charge in [0.1, 0.15) is 0 Å². The molecule has 118 valence electrons. The molecular weight excluding hydrogens is 284 g/mol. The molecule has 1 aromatic carbocycles. The fourth-order valence-corrected chi connectivity index (χ4v) is 4.43. The summed E-state index contributed by atoms with van der Waals surface area (Å²) in [7, 11) is -1.31. The third-order valence-corrected chi connectivity index (χ3v) is 5.47. The van der Waals surface area contributed by atoms with Crippen molar-refractivity contribution < 1.29 is 8.42 Å². The predicted molar refractivity (Wildman–Crippen MR) is 86.4 cm³/mol. The molecule has 0 spiro atoms. The molecule has 0 radical (unpaired) electrons. The van der Waals surface area contributed by atoms with E-state index in [1.54, 1.807) is 4.31 Å². The summed E-state index contributed by atoms with van der Waals surface area (Å²) < 4.78 is 27.0. The summed E-state index contributed by atoms with van der Waals surface area (Å²) in [6, 6.07) is 8.06. The minimum atomic E-state index is -3.21. The highest BCUT2D eigenvalue weighted by molar-refractivity contribution is 7.88. The van der Waals surface area contributed by atoms with E-state index in [0.717, 1.165) is 24.9 Å². The fourth-order valence-electron chi connectivity index (χ4n) is 2.46. The van der Waals surface area contributed by atoms with Gasteiger partial charge in [-0.2, -0.15) is 4.31 Å². The molecular formula is C16H26N2O2S. The van der Waals surface area contributed by atoms with Crippen LogP contribution in [0.15, 0.2) is 24.3 Å². The maximum absolute atomic E-state index is 12.6. The SMILES string of the molecule is CNCc1ccc(CS(=O)(=O)N(CC(C)C)C2CC2)cc1. The molecule has 21 heavy (non-hydrogen) atoms. The van der Waals surface area contributed by atoms with Crippen molar-refractivity contribution >= 4 is 10.0 Å². The number of nitrogens with zero attached hydrogens (tertiary/aromatic N) is 1. The second-order valence-corrected chi connectivity index (χ2v) is 8.22. The van der Waals surface area contributed by atoms with Gasteiger partial charge in [-0.05, 0) is 36.9 Å². The Morgan fingerprint density at radius 3 is 2.24 bits per heavy atom. The van der Waals surface area contributed by atoms with Gasteiger partial charge in [0.2, 0.25) is 10.0 Å². The largest absolute Gasteiger partial charge is 0.316 e. The molecule has 0 unspecified atom stereocenters. The smallest absolute Gasteiger partial charge is 0.218 e. The first-order valence-electron chi connectivity index (χ1n) is 7.64. The molecule has 0 atom stereocenters. The van der Waals surface area contributed by atoms with Crippen molar-refractivity contribution in [2.45, 2.75) is 45.0 Å². The van der Waals surface area contributed by atoms with Crippen molar-refractivity contribution in [3.8, 4) is 0 Å². The Hall–Kier alpha value is -0.910. The van der Waals surface area contributed by atoms with Crippen molar-refractivity contribution in [3.63, 3.8) is 0 Å². The summed E-state index contributed by atoms with van der Waals surface area (Å²) in [5.74, 6) is 0.467. The number of nitrogens with one attached hydrogen (secondary N) is 1. The monoisotopic (exact) mass is 310 g/mol. The number of sulfonamides is 1. The number of hydrogen-bond donors (Lipinski definition) is 1. The molecule has 0 bridgehead atoms. The number of benzene rings is 1. The highest BCUT2D eigenvalue weighted by Crippen LogP contribution is 2.31. The highest BCUT2D eigenvalue weighted by atomic mass is 32.2. The normalized spacial score (nSPS) is 15.9. The van der Waals surface area contributed by atoms with Crippen molar-refractivity contribution in [2.75, 3.05) is 13.6 Å². The van der Waals surface area contributed by atoms with Crippen molar-refractivity contribution in [1.82, 2.24) is 9.62 Å². The van der Waals surface area contributed by atoms with E-state index in [0.29, 0.717) is 12.5 Å². The summed E-state index contributed by atoms with van der Waals surface area (Å²) in [6.07, 6.45) is 2.01. The van der Waals surface area contributed by atoms with Gasteiger partial charge in [-0.25, -0.2) is 8.42 Å². The first-order valence-corrected chi connectivity index (χ1v) is 9.25. The van der Waals surface area contributed by atoms with Crippen LogP contribution in [-0.2, 0) is 22.3 Å². The molecule has 0 heterocycles. The molecule has 4 nitrogen and oxygen atoms in total. The van der Waals surface area contributed by atoms with Crippen LogP contribution < -0.4 is 5.32 Å². The fraction of sp³-hybridized carbons (Fsp3) is 0.625. The zero-order valence-electron chi connectivity index (χ0n) is 13.2. The van der Waals surface area contributed by atoms with E-state index >= 15 is 0 Å². The molecule has 1 aliphatic carbocycles. The molecule has 1 fully saturated rings. The second-order valence-electron chi connectivity index (χ2n) is 6.30. The van der Waals surface area contributed by atoms with Crippen LogP contribution in [0.25, 0.3) is 0 Å². The molecule has 1 aromatic rings. The zero-order chi connectivity index (χ0) is 15.5. The molecule has 0 aliphatic heterocycles. The Morgan fingerprint density at radius 2 is 1.76 bits per heavy atom. The van der Waals surface area contributed by atoms with Gasteiger partial charge >= 0.3 is 0 Å². The Morgan fingerprint density at radius 1 is 1.19 bits per heavy atom. The predicted octanol–water partition coefficient (Wildman–Crippen LogP) is 2.36. The van der Waals surface area contributed by atoms with Gasteiger partial charge in [-0.1, -0.05) is 38.1 Å². The molecule has 0 aromatic heterocycles. The van der Waals surface area contributed by atoms with Crippen LogP contribution in [0.4, 0.5) is 0 Å². The third-order valence-electron chi connectivity index (χ3n) is 3.61. The van der Waals surface area contributed by atoms with E-state index < -0.39 is 10.0 Å². The van der Waals surface area contributed by atoms with Gasteiger partial charge in [-0.15, -0.1) is 0 Å². The van der Waals surface area contributed by atoms with Gasteiger partial charge in [0.15, 0.2) is 0 Å². The summed E-state index contributed by atoms with van der Waals surface area (Å²) in [4.78, 5) is 0. The van der Waals surface area contributed by atoms with Crippen LogP contribution in [0.1, 0.15) is 37.8 Å². The van der Waals surface area contributed by atoms with Crippen molar-refractivity contribution in [2.24, 2.45) is 5.92 Å². The summed E-state index contributed by atoms with van der Waals surface area (Å²) in [5.41, 5.74) is 2.03. The maximum atomic E-state index is 12.6. The first-order chi connectivity index (χ1) is 9.92. The molecule has 2 rings (SSSR count). The van der Waals surface area contributed by atoms with Gasteiger partial charge < -0.3 is 5.32 Å². The Kier molecular flexibility index (Phi) is 5.41. The van der Waals surface area contributed by atoms with Crippen LogP contribution >= 0.6 is 0 Å². The van der Waals surface area contributed by atoms with Crippen LogP contribution in [0.3, 0.4) is 0 Å². The Labute approximate surface area is 128 Å². The average Bonchev–Trinajstić information content (AvgIpc) is 3.22. The second kappa shape index (κ2) is 6.90. The number of rotatable bonds is 8.